The second kappa shape index (κ2) is 5.49. The maximum Gasteiger partial charge on any atom is 0.223 e. The van der Waals surface area contributed by atoms with Gasteiger partial charge >= 0.3 is 0 Å². The third-order valence-corrected chi connectivity index (χ3v) is 3.40. The van der Waals surface area contributed by atoms with E-state index in [-0.39, 0.29) is 12.1 Å². The molecule has 0 saturated carbocycles. The van der Waals surface area contributed by atoms with E-state index in [2.05, 4.69) is 29.1 Å². The van der Waals surface area contributed by atoms with Crippen LogP contribution in [0.25, 0.3) is 10.2 Å². The molecule has 0 bridgehead atoms. The molecule has 2 rings (SSSR count). The van der Waals surface area contributed by atoms with E-state index in [1.807, 2.05) is 11.4 Å². The first-order valence-corrected chi connectivity index (χ1v) is 6.87. The van der Waals surface area contributed by atoms with E-state index in [0.717, 1.165) is 16.6 Å². The molecule has 6 heteroatoms. The standard InChI is InChI=1S/C12H18N4OS/c1-7(2)5-8(17)6-14-10-9-3-4-18-11(9)16-12(13)15-10/h3-4,7-8,17H,5-6H2,1-2H3,(H3,13,14,15,16). The molecule has 4 N–H and O–H groups in total. The Hall–Kier alpha value is -1.40. The van der Waals surface area contributed by atoms with Gasteiger partial charge in [-0.05, 0) is 23.8 Å². The van der Waals surface area contributed by atoms with Crippen LogP contribution in [0.2, 0.25) is 0 Å². The summed E-state index contributed by atoms with van der Waals surface area (Å²) in [5.74, 6) is 1.42. The highest BCUT2D eigenvalue weighted by Crippen LogP contribution is 2.25. The van der Waals surface area contributed by atoms with E-state index in [1.165, 1.54) is 11.3 Å². The highest BCUT2D eigenvalue weighted by molar-refractivity contribution is 7.16. The predicted octanol–water partition coefficient (Wildman–Crippen LogP) is 2.09. The van der Waals surface area contributed by atoms with Crippen molar-refractivity contribution >= 4 is 33.3 Å². The van der Waals surface area contributed by atoms with Gasteiger partial charge in [-0.1, -0.05) is 13.8 Å². The number of nitrogen functional groups attached to an aromatic ring is 1. The molecule has 0 aliphatic carbocycles. The van der Waals surface area contributed by atoms with Gasteiger partial charge in [-0.3, -0.25) is 0 Å². The second-order valence-electron chi connectivity index (χ2n) is 4.73. The Morgan fingerprint density at radius 2 is 2.22 bits per heavy atom. The van der Waals surface area contributed by atoms with Gasteiger partial charge in [0.05, 0.1) is 11.5 Å². The molecule has 0 saturated heterocycles. The van der Waals surface area contributed by atoms with Crippen LogP contribution in [-0.4, -0.2) is 27.7 Å². The molecule has 5 nitrogen and oxygen atoms in total. The first kappa shape index (κ1) is 13.0. The van der Waals surface area contributed by atoms with Gasteiger partial charge in [0.15, 0.2) is 0 Å². The van der Waals surface area contributed by atoms with Crippen LogP contribution < -0.4 is 11.1 Å². The van der Waals surface area contributed by atoms with Gasteiger partial charge in [-0.2, -0.15) is 4.98 Å². The maximum atomic E-state index is 9.84. The molecule has 0 spiro atoms. The van der Waals surface area contributed by atoms with Gasteiger partial charge in [-0.25, -0.2) is 4.98 Å². The van der Waals surface area contributed by atoms with Crippen LogP contribution >= 0.6 is 11.3 Å². The highest BCUT2D eigenvalue weighted by atomic mass is 32.1. The molecule has 0 radical (unpaired) electrons. The first-order valence-electron chi connectivity index (χ1n) is 5.99. The van der Waals surface area contributed by atoms with Gasteiger partial charge in [0.2, 0.25) is 5.95 Å². The van der Waals surface area contributed by atoms with E-state index in [4.69, 9.17) is 5.73 Å². The number of aromatic nitrogens is 2. The number of thiophene rings is 1. The fourth-order valence-corrected chi connectivity index (χ4v) is 2.62. The Labute approximate surface area is 110 Å². The summed E-state index contributed by atoms with van der Waals surface area (Å²) in [6, 6.07) is 1.95. The first-order chi connectivity index (χ1) is 8.56. The van der Waals surface area contributed by atoms with Crippen molar-refractivity contribution in [2.24, 2.45) is 5.92 Å². The summed E-state index contributed by atoms with van der Waals surface area (Å²) in [6.45, 7) is 4.64. The Bertz CT molecular complexity index is 526. The molecule has 1 atom stereocenters. The van der Waals surface area contributed by atoms with Gasteiger partial charge in [-0.15, -0.1) is 11.3 Å². The summed E-state index contributed by atoms with van der Waals surface area (Å²) >= 11 is 1.53. The van der Waals surface area contributed by atoms with Crippen molar-refractivity contribution in [3.63, 3.8) is 0 Å². The van der Waals surface area contributed by atoms with Gasteiger partial charge in [0.25, 0.3) is 0 Å². The molecule has 18 heavy (non-hydrogen) atoms. The van der Waals surface area contributed by atoms with Crippen molar-refractivity contribution in [2.45, 2.75) is 26.4 Å². The van der Waals surface area contributed by atoms with Crippen molar-refractivity contribution in [1.29, 1.82) is 0 Å². The van der Waals surface area contributed by atoms with Crippen molar-refractivity contribution in [1.82, 2.24) is 9.97 Å². The number of aliphatic hydroxyl groups is 1. The number of aliphatic hydroxyl groups excluding tert-OH is 1. The molecule has 2 heterocycles. The lowest BCUT2D eigenvalue weighted by molar-refractivity contribution is 0.161. The summed E-state index contributed by atoms with van der Waals surface area (Å²) in [5, 5.41) is 15.9. The molecular formula is C12H18N4OS. The number of fused-ring (bicyclic) bond motifs is 1. The van der Waals surface area contributed by atoms with Crippen LogP contribution in [0.5, 0.6) is 0 Å². The van der Waals surface area contributed by atoms with Crippen LogP contribution in [-0.2, 0) is 0 Å². The van der Waals surface area contributed by atoms with E-state index < -0.39 is 0 Å². The number of hydrogen-bond donors (Lipinski definition) is 3. The zero-order valence-corrected chi connectivity index (χ0v) is 11.4. The minimum absolute atomic E-state index is 0.255. The summed E-state index contributed by atoms with van der Waals surface area (Å²) in [4.78, 5) is 9.19. The number of anilines is 2. The fraction of sp³-hybridized carbons (Fsp3) is 0.500. The summed E-state index contributed by atoms with van der Waals surface area (Å²) in [7, 11) is 0. The quantitative estimate of drug-likeness (QED) is 0.771. The third-order valence-electron chi connectivity index (χ3n) is 2.59. The zero-order valence-electron chi connectivity index (χ0n) is 10.6. The molecule has 0 aliphatic heterocycles. The summed E-state index contributed by atoms with van der Waals surface area (Å²) in [5.41, 5.74) is 5.65. The molecule has 98 valence electrons. The summed E-state index contributed by atoms with van der Waals surface area (Å²) in [6.07, 6.45) is 0.384. The molecule has 0 fully saturated rings. The largest absolute Gasteiger partial charge is 0.391 e. The Morgan fingerprint density at radius 1 is 1.44 bits per heavy atom. The van der Waals surface area contributed by atoms with E-state index in [0.29, 0.717) is 18.3 Å². The minimum Gasteiger partial charge on any atom is -0.391 e. The van der Waals surface area contributed by atoms with Crippen LogP contribution in [0, 0.1) is 5.92 Å². The second-order valence-corrected chi connectivity index (χ2v) is 5.63. The Kier molecular flexibility index (Phi) is 3.98. The fourth-order valence-electron chi connectivity index (χ4n) is 1.85. The molecule has 2 aromatic rings. The molecular weight excluding hydrogens is 248 g/mol. The van der Waals surface area contributed by atoms with Crippen molar-refractivity contribution in [3.8, 4) is 0 Å². The number of nitrogens with zero attached hydrogens (tertiary/aromatic N) is 2. The predicted molar refractivity (Wildman–Crippen MR) is 75.8 cm³/mol. The Morgan fingerprint density at radius 3 is 2.94 bits per heavy atom. The van der Waals surface area contributed by atoms with E-state index in [1.54, 1.807) is 0 Å². The van der Waals surface area contributed by atoms with Gasteiger partial charge in [0.1, 0.15) is 10.6 Å². The van der Waals surface area contributed by atoms with Gasteiger partial charge in [0, 0.05) is 6.54 Å². The van der Waals surface area contributed by atoms with E-state index >= 15 is 0 Å². The number of rotatable bonds is 5. The monoisotopic (exact) mass is 266 g/mol. The third kappa shape index (κ3) is 3.08. The normalized spacial score (nSPS) is 13.1. The molecule has 0 aliphatic rings. The maximum absolute atomic E-state index is 9.84. The number of hydrogen-bond acceptors (Lipinski definition) is 6. The van der Waals surface area contributed by atoms with Crippen molar-refractivity contribution in [3.05, 3.63) is 11.4 Å². The topological polar surface area (TPSA) is 84.1 Å². The van der Waals surface area contributed by atoms with Crippen LogP contribution in [0.1, 0.15) is 20.3 Å². The number of nitrogens with one attached hydrogen (secondary N) is 1. The summed E-state index contributed by atoms with van der Waals surface area (Å²) < 4.78 is 0. The molecule has 1 unspecified atom stereocenters. The molecule has 0 amide bonds. The van der Waals surface area contributed by atoms with Crippen LogP contribution in [0.15, 0.2) is 11.4 Å². The zero-order chi connectivity index (χ0) is 13.1. The number of nitrogens with two attached hydrogens (primary N) is 1. The van der Waals surface area contributed by atoms with Gasteiger partial charge < -0.3 is 16.2 Å². The average Bonchev–Trinajstić information content (AvgIpc) is 2.72. The Balaban J connectivity index is 2.09. The minimum atomic E-state index is -0.380. The van der Waals surface area contributed by atoms with Crippen molar-refractivity contribution < 1.29 is 5.11 Å². The smallest absolute Gasteiger partial charge is 0.223 e. The lowest BCUT2D eigenvalue weighted by Crippen LogP contribution is -2.22. The molecule has 0 aromatic carbocycles. The lowest BCUT2D eigenvalue weighted by Gasteiger charge is -2.14. The van der Waals surface area contributed by atoms with Crippen LogP contribution in [0.3, 0.4) is 0 Å². The van der Waals surface area contributed by atoms with E-state index in [9.17, 15) is 5.11 Å². The highest BCUT2D eigenvalue weighted by Gasteiger charge is 2.10. The average molecular weight is 266 g/mol. The lowest BCUT2D eigenvalue weighted by atomic mass is 10.1. The SMILES string of the molecule is CC(C)CC(O)CNc1nc(N)nc2sccc12. The molecule has 2 aromatic heterocycles. The van der Waals surface area contributed by atoms with Crippen LogP contribution in [0.4, 0.5) is 11.8 Å². The van der Waals surface area contributed by atoms with Crippen molar-refractivity contribution in [2.75, 3.05) is 17.6 Å².